The number of benzene rings is 1. The summed E-state index contributed by atoms with van der Waals surface area (Å²) < 4.78 is 4.81. The minimum absolute atomic E-state index is 0.390. The lowest BCUT2D eigenvalue weighted by atomic mass is 10.0. The van der Waals surface area contributed by atoms with Crippen molar-refractivity contribution in [2.75, 3.05) is 7.11 Å². The van der Waals surface area contributed by atoms with Gasteiger partial charge in [-0.1, -0.05) is 23.7 Å². The van der Waals surface area contributed by atoms with Gasteiger partial charge in [0.2, 0.25) is 0 Å². The van der Waals surface area contributed by atoms with Gasteiger partial charge in [0.15, 0.2) is 0 Å². The van der Waals surface area contributed by atoms with Gasteiger partial charge in [0.25, 0.3) is 0 Å². The molecule has 19 heavy (non-hydrogen) atoms. The molecule has 0 saturated heterocycles. The van der Waals surface area contributed by atoms with Crippen LogP contribution in [0, 0.1) is 0 Å². The molecule has 4 heteroatoms. The largest absolute Gasteiger partial charge is 0.465 e. The van der Waals surface area contributed by atoms with Crippen LogP contribution >= 0.6 is 11.6 Å². The van der Waals surface area contributed by atoms with E-state index < -0.39 is 0 Å². The van der Waals surface area contributed by atoms with Gasteiger partial charge in [-0.05, 0) is 41.5 Å². The summed E-state index contributed by atoms with van der Waals surface area (Å²) in [5.74, 6) is -0.390. The predicted molar refractivity (Wildman–Crippen MR) is 75.6 cm³/mol. The van der Waals surface area contributed by atoms with Crippen LogP contribution in [0.3, 0.4) is 0 Å². The Hall–Kier alpha value is -2.13. The first kappa shape index (κ1) is 13.3. The van der Waals surface area contributed by atoms with Crippen molar-refractivity contribution in [3.05, 3.63) is 64.9 Å². The Kier molecular flexibility index (Phi) is 4.31. The minimum Gasteiger partial charge on any atom is -0.465 e. The average Bonchev–Trinajstić information content (AvgIpc) is 2.46. The van der Waals surface area contributed by atoms with E-state index in [2.05, 4.69) is 4.98 Å². The molecule has 1 aromatic heterocycles. The smallest absolute Gasteiger partial charge is 0.338 e. The highest BCUT2D eigenvalue weighted by Crippen LogP contribution is 2.21. The van der Waals surface area contributed by atoms with Crippen LogP contribution in [0.5, 0.6) is 0 Å². The Bertz CT molecular complexity index is 591. The number of aromatic nitrogens is 1. The van der Waals surface area contributed by atoms with Crippen LogP contribution in [0.4, 0.5) is 0 Å². The molecule has 1 heterocycles. The van der Waals surface area contributed by atoms with E-state index in [1.807, 2.05) is 12.1 Å². The third kappa shape index (κ3) is 3.42. The molecule has 0 N–H and O–H groups in total. The van der Waals surface area contributed by atoms with Crippen LogP contribution < -0.4 is 0 Å². The van der Waals surface area contributed by atoms with Gasteiger partial charge >= 0.3 is 5.97 Å². The van der Waals surface area contributed by atoms with Crippen molar-refractivity contribution < 1.29 is 9.53 Å². The second kappa shape index (κ2) is 6.16. The molecule has 2 aromatic rings. The van der Waals surface area contributed by atoms with Crippen LogP contribution in [-0.2, 0) is 9.53 Å². The van der Waals surface area contributed by atoms with Gasteiger partial charge in [0.05, 0.1) is 12.7 Å². The summed E-state index contributed by atoms with van der Waals surface area (Å²) in [7, 11) is 1.36. The van der Waals surface area contributed by atoms with Gasteiger partial charge in [0.1, 0.15) is 0 Å². The molecular weight excluding hydrogens is 262 g/mol. The van der Waals surface area contributed by atoms with Crippen molar-refractivity contribution in [3.63, 3.8) is 0 Å². The molecule has 3 nitrogen and oxygen atoms in total. The Labute approximate surface area is 116 Å². The van der Waals surface area contributed by atoms with Crippen molar-refractivity contribution in [2.24, 2.45) is 0 Å². The number of hydrogen-bond donors (Lipinski definition) is 0. The van der Waals surface area contributed by atoms with Gasteiger partial charge in [0, 0.05) is 17.4 Å². The van der Waals surface area contributed by atoms with Gasteiger partial charge in [-0.2, -0.15) is 0 Å². The van der Waals surface area contributed by atoms with E-state index in [0.717, 1.165) is 11.1 Å². The minimum atomic E-state index is -0.390. The third-order valence-electron chi connectivity index (χ3n) is 2.58. The first-order valence-electron chi connectivity index (χ1n) is 5.66. The molecule has 0 unspecified atom stereocenters. The van der Waals surface area contributed by atoms with E-state index >= 15 is 0 Å². The third-order valence-corrected chi connectivity index (χ3v) is 2.83. The highest BCUT2D eigenvalue weighted by molar-refractivity contribution is 6.30. The fourth-order valence-corrected chi connectivity index (χ4v) is 1.75. The summed E-state index contributed by atoms with van der Waals surface area (Å²) in [6.07, 6.45) is 5.10. The summed E-state index contributed by atoms with van der Waals surface area (Å²) in [6.45, 7) is 0. The van der Waals surface area contributed by atoms with Gasteiger partial charge in [-0.15, -0.1) is 0 Å². The molecule has 0 aliphatic heterocycles. The summed E-state index contributed by atoms with van der Waals surface area (Å²) >= 11 is 5.85. The lowest BCUT2D eigenvalue weighted by Crippen LogP contribution is -2.03. The zero-order chi connectivity index (χ0) is 13.7. The first-order chi connectivity index (χ1) is 9.20. The molecule has 0 radical (unpaired) electrons. The highest BCUT2D eigenvalue weighted by Gasteiger charge is 2.12. The molecule has 0 spiro atoms. The number of methoxy groups -OCH3 is 1. The van der Waals surface area contributed by atoms with Crippen LogP contribution in [0.25, 0.3) is 11.6 Å². The maximum atomic E-state index is 11.9. The molecule has 0 bridgehead atoms. The molecule has 1 aromatic carbocycles. The van der Waals surface area contributed by atoms with Crippen molar-refractivity contribution >= 4 is 29.2 Å². The van der Waals surface area contributed by atoms with Crippen molar-refractivity contribution in [1.82, 2.24) is 4.98 Å². The number of nitrogens with zero attached hydrogens (tertiary/aromatic N) is 1. The molecule has 2 rings (SSSR count). The number of hydrogen-bond acceptors (Lipinski definition) is 3. The zero-order valence-electron chi connectivity index (χ0n) is 10.3. The zero-order valence-corrected chi connectivity index (χ0v) is 11.1. The summed E-state index contributed by atoms with van der Waals surface area (Å²) in [6, 6.07) is 10.7. The Morgan fingerprint density at radius 1 is 1.16 bits per heavy atom. The SMILES string of the molecule is COC(=O)/C(=C/c1ccncc1)c1ccc(Cl)cc1. The van der Waals surface area contributed by atoms with Crippen LogP contribution in [0.1, 0.15) is 11.1 Å². The predicted octanol–water partition coefficient (Wildman–Crippen LogP) is 3.45. The molecule has 0 saturated carbocycles. The fourth-order valence-electron chi connectivity index (χ4n) is 1.63. The van der Waals surface area contributed by atoms with Crippen LogP contribution in [0.15, 0.2) is 48.8 Å². The van der Waals surface area contributed by atoms with Crippen molar-refractivity contribution in [3.8, 4) is 0 Å². The number of carbonyl (C=O) groups excluding carboxylic acids is 1. The van der Waals surface area contributed by atoms with E-state index in [0.29, 0.717) is 10.6 Å². The van der Waals surface area contributed by atoms with Gasteiger partial charge in [-0.3, -0.25) is 4.98 Å². The van der Waals surface area contributed by atoms with Gasteiger partial charge < -0.3 is 4.74 Å². The number of carbonyl (C=O) groups is 1. The second-order valence-electron chi connectivity index (χ2n) is 3.84. The molecule has 0 amide bonds. The molecule has 96 valence electrons. The van der Waals surface area contributed by atoms with Crippen LogP contribution in [-0.4, -0.2) is 18.1 Å². The molecule has 0 fully saturated rings. The Balaban J connectivity index is 2.45. The highest BCUT2D eigenvalue weighted by atomic mass is 35.5. The maximum Gasteiger partial charge on any atom is 0.338 e. The van der Waals surface area contributed by atoms with E-state index in [1.165, 1.54) is 7.11 Å². The molecule has 0 atom stereocenters. The number of rotatable bonds is 3. The molecular formula is C15H12ClNO2. The Morgan fingerprint density at radius 2 is 1.79 bits per heavy atom. The fraction of sp³-hybridized carbons (Fsp3) is 0.0667. The lowest BCUT2D eigenvalue weighted by Gasteiger charge is -2.06. The number of ether oxygens (including phenoxy) is 1. The molecule has 0 aliphatic rings. The topological polar surface area (TPSA) is 39.2 Å². The second-order valence-corrected chi connectivity index (χ2v) is 4.27. The quantitative estimate of drug-likeness (QED) is 0.635. The maximum absolute atomic E-state index is 11.9. The first-order valence-corrected chi connectivity index (χ1v) is 6.04. The van der Waals surface area contributed by atoms with E-state index in [4.69, 9.17) is 16.3 Å². The van der Waals surface area contributed by atoms with E-state index in [9.17, 15) is 4.79 Å². The Morgan fingerprint density at radius 3 is 2.37 bits per heavy atom. The number of halogens is 1. The van der Waals surface area contributed by atoms with E-state index in [-0.39, 0.29) is 5.97 Å². The lowest BCUT2D eigenvalue weighted by molar-refractivity contribution is -0.133. The molecule has 0 aliphatic carbocycles. The van der Waals surface area contributed by atoms with E-state index in [1.54, 1.807) is 42.7 Å². The number of esters is 1. The average molecular weight is 274 g/mol. The normalized spacial score (nSPS) is 11.2. The summed E-state index contributed by atoms with van der Waals surface area (Å²) in [4.78, 5) is 15.8. The van der Waals surface area contributed by atoms with Gasteiger partial charge in [-0.25, -0.2) is 4.79 Å². The van der Waals surface area contributed by atoms with Crippen LogP contribution in [0.2, 0.25) is 5.02 Å². The summed E-state index contributed by atoms with van der Waals surface area (Å²) in [5.41, 5.74) is 2.11. The monoisotopic (exact) mass is 273 g/mol. The standard InChI is InChI=1S/C15H12ClNO2/c1-19-15(18)14(10-11-6-8-17-9-7-11)12-2-4-13(16)5-3-12/h2-10H,1H3/b14-10+. The van der Waals surface area contributed by atoms with Crippen molar-refractivity contribution in [2.45, 2.75) is 0 Å². The van der Waals surface area contributed by atoms with Crippen molar-refractivity contribution in [1.29, 1.82) is 0 Å². The summed E-state index contributed by atoms with van der Waals surface area (Å²) in [5, 5.41) is 0.622. The number of pyridine rings is 1.